The van der Waals surface area contributed by atoms with Crippen molar-refractivity contribution >= 4 is 23.2 Å². The van der Waals surface area contributed by atoms with E-state index in [1.165, 1.54) is 0 Å². The van der Waals surface area contributed by atoms with Gasteiger partial charge in [-0.3, -0.25) is 0 Å². The van der Waals surface area contributed by atoms with Gasteiger partial charge in [-0.2, -0.15) is 0 Å². The van der Waals surface area contributed by atoms with Crippen molar-refractivity contribution in [2.45, 2.75) is 39.0 Å². The molecule has 0 saturated carbocycles. The predicted molar refractivity (Wildman–Crippen MR) is 82.3 cm³/mol. The third kappa shape index (κ3) is 3.98. The number of ether oxygens (including phenoxy) is 1. The van der Waals surface area contributed by atoms with Gasteiger partial charge in [0.25, 0.3) is 0 Å². The van der Waals surface area contributed by atoms with Gasteiger partial charge in [-0.15, -0.1) is 0 Å². The molecular formula is C15H18Cl2N2O. The van der Waals surface area contributed by atoms with Crippen molar-refractivity contribution in [1.82, 2.24) is 9.55 Å². The van der Waals surface area contributed by atoms with Crippen molar-refractivity contribution in [3.05, 3.63) is 52.5 Å². The van der Waals surface area contributed by atoms with Gasteiger partial charge < -0.3 is 9.30 Å². The van der Waals surface area contributed by atoms with Gasteiger partial charge in [-0.05, 0) is 25.5 Å². The summed E-state index contributed by atoms with van der Waals surface area (Å²) in [6.45, 7) is 4.83. The van der Waals surface area contributed by atoms with Gasteiger partial charge in [-0.25, -0.2) is 4.98 Å². The summed E-state index contributed by atoms with van der Waals surface area (Å²) in [4.78, 5) is 4.06. The smallest absolute Gasteiger partial charge is 0.102 e. The van der Waals surface area contributed by atoms with Gasteiger partial charge in [0.05, 0.1) is 19.0 Å². The fraction of sp³-hybridized carbons (Fsp3) is 0.400. The molecular weight excluding hydrogens is 295 g/mol. The normalized spacial score (nSPS) is 14.2. The molecule has 2 unspecified atom stereocenters. The Labute approximate surface area is 129 Å². The minimum Gasteiger partial charge on any atom is -0.369 e. The highest BCUT2D eigenvalue weighted by Crippen LogP contribution is 2.30. The molecule has 108 valence electrons. The molecule has 2 rings (SSSR count). The van der Waals surface area contributed by atoms with Crippen LogP contribution < -0.4 is 0 Å². The van der Waals surface area contributed by atoms with E-state index >= 15 is 0 Å². The molecule has 0 bridgehead atoms. The van der Waals surface area contributed by atoms with Gasteiger partial charge >= 0.3 is 0 Å². The maximum atomic E-state index is 6.30. The molecule has 3 nitrogen and oxygen atoms in total. The van der Waals surface area contributed by atoms with Crippen LogP contribution in [0.5, 0.6) is 0 Å². The predicted octanol–water partition coefficient (Wildman–Crippen LogP) is 4.75. The first-order valence-electron chi connectivity index (χ1n) is 6.66. The van der Waals surface area contributed by atoms with Crippen molar-refractivity contribution in [2.24, 2.45) is 0 Å². The molecule has 0 fully saturated rings. The van der Waals surface area contributed by atoms with Crippen LogP contribution in [-0.2, 0) is 11.3 Å². The van der Waals surface area contributed by atoms with Crippen LogP contribution in [0.2, 0.25) is 10.0 Å². The molecule has 5 heteroatoms. The second-order valence-electron chi connectivity index (χ2n) is 4.77. The summed E-state index contributed by atoms with van der Waals surface area (Å²) in [5.74, 6) is 0. The van der Waals surface area contributed by atoms with E-state index in [1.807, 2.05) is 22.9 Å². The van der Waals surface area contributed by atoms with Crippen molar-refractivity contribution in [2.75, 3.05) is 0 Å². The van der Waals surface area contributed by atoms with E-state index in [4.69, 9.17) is 27.9 Å². The highest BCUT2D eigenvalue weighted by atomic mass is 35.5. The van der Waals surface area contributed by atoms with Crippen molar-refractivity contribution in [3.8, 4) is 0 Å². The zero-order valence-corrected chi connectivity index (χ0v) is 13.1. The zero-order chi connectivity index (χ0) is 14.5. The Kier molecular flexibility index (Phi) is 5.46. The number of nitrogens with zero attached hydrogens (tertiary/aromatic N) is 2. The van der Waals surface area contributed by atoms with E-state index in [1.54, 1.807) is 18.6 Å². The summed E-state index contributed by atoms with van der Waals surface area (Å²) in [5.41, 5.74) is 0.949. The molecule has 0 amide bonds. The van der Waals surface area contributed by atoms with Gasteiger partial charge in [0.15, 0.2) is 0 Å². The van der Waals surface area contributed by atoms with Crippen molar-refractivity contribution in [3.63, 3.8) is 0 Å². The number of aromatic nitrogens is 2. The molecule has 1 aromatic carbocycles. The number of imidazole rings is 1. The number of halogens is 2. The Hall–Kier alpha value is -1.03. The van der Waals surface area contributed by atoms with E-state index in [0.717, 1.165) is 12.0 Å². The van der Waals surface area contributed by atoms with Crippen LogP contribution in [0.3, 0.4) is 0 Å². The van der Waals surface area contributed by atoms with E-state index in [0.29, 0.717) is 16.6 Å². The molecule has 0 saturated heterocycles. The first-order valence-corrected chi connectivity index (χ1v) is 7.42. The first kappa shape index (κ1) is 15.4. The third-order valence-corrected chi connectivity index (χ3v) is 3.78. The lowest BCUT2D eigenvalue weighted by Crippen LogP contribution is -2.18. The first-order chi connectivity index (χ1) is 9.60. The van der Waals surface area contributed by atoms with Gasteiger partial charge in [0, 0.05) is 28.0 Å². The molecule has 0 aliphatic carbocycles. The Bertz CT molecular complexity index is 543. The molecule has 0 aliphatic rings. The summed E-state index contributed by atoms with van der Waals surface area (Å²) >= 11 is 12.3. The molecule has 1 aromatic heterocycles. The molecule has 0 radical (unpaired) electrons. The standard InChI is InChI=1S/C15H18Cl2N2O/c1-3-11(2)20-15(9-19-7-6-18-10-19)13-5-4-12(16)8-14(13)17/h4-8,10-11,15H,3,9H2,1-2H3. The Morgan fingerprint density at radius 1 is 1.35 bits per heavy atom. The molecule has 1 heterocycles. The molecule has 0 aliphatic heterocycles. The molecule has 0 N–H and O–H groups in total. The summed E-state index contributed by atoms with van der Waals surface area (Å²) in [5, 5.41) is 1.26. The average Bonchev–Trinajstić information content (AvgIpc) is 2.91. The van der Waals surface area contributed by atoms with Crippen LogP contribution in [-0.4, -0.2) is 15.7 Å². The van der Waals surface area contributed by atoms with Crippen molar-refractivity contribution < 1.29 is 4.74 Å². The van der Waals surface area contributed by atoms with E-state index in [-0.39, 0.29) is 12.2 Å². The van der Waals surface area contributed by atoms with Gasteiger partial charge in [0.1, 0.15) is 6.10 Å². The maximum absolute atomic E-state index is 6.30. The Balaban J connectivity index is 2.24. The Morgan fingerprint density at radius 2 is 2.15 bits per heavy atom. The second-order valence-corrected chi connectivity index (χ2v) is 5.61. The number of rotatable bonds is 6. The van der Waals surface area contributed by atoms with Crippen LogP contribution in [0.1, 0.15) is 31.9 Å². The van der Waals surface area contributed by atoms with Crippen LogP contribution in [0.25, 0.3) is 0 Å². The van der Waals surface area contributed by atoms with Gasteiger partial charge in [0.2, 0.25) is 0 Å². The lowest BCUT2D eigenvalue weighted by atomic mass is 10.1. The van der Waals surface area contributed by atoms with Crippen LogP contribution in [0.4, 0.5) is 0 Å². The van der Waals surface area contributed by atoms with Crippen LogP contribution in [0, 0.1) is 0 Å². The fourth-order valence-electron chi connectivity index (χ4n) is 1.94. The summed E-state index contributed by atoms with van der Waals surface area (Å²) in [6, 6.07) is 5.51. The molecule has 2 atom stereocenters. The molecule has 2 aromatic rings. The summed E-state index contributed by atoms with van der Waals surface area (Å²) < 4.78 is 8.09. The lowest BCUT2D eigenvalue weighted by molar-refractivity contribution is -0.0143. The van der Waals surface area contributed by atoms with Gasteiger partial charge in [-0.1, -0.05) is 36.2 Å². The topological polar surface area (TPSA) is 27.1 Å². The average molecular weight is 313 g/mol. The van der Waals surface area contributed by atoms with E-state index < -0.39 is 0 Å². The number of hydrogen-bond acceptors (Lipinski definition) is 2. The summed E-state index contributed by atoms with van der Waals surface area (Å²) in [6.07, 6.45) is 6.43. The second kappa shape index (κ2) is 7.11. The SMILES string of the molecule is CCC(C)OC(Cn1ccnc1)c1ccc(Cl)cc1Cl. The third-order valence-electron chi connectivity index (χ3n) is 3.22. The zero-order valence-electron chi connectivity index (χ0n) is 11.6. The minimum absolute atomic E-state index is 0.121. The molecule has 0 spiro atoms. The van der Waals surface area contributed by atoms with Crippen LogP contribution in [0.15, 0.2) is 36.9 Å². The maximum Gasteiger partial charge on any atom is 0.102 e. The lowest BCUT2D eigenvalue weighted by Gasteiger charge is -2.23. The Morgan fingerprint density at radius 3 is 2.75 bits per heavy atom. The highest BCUT2D eigenvalue weighted by molar-refractivity contribution is 6.35. The number of benzene rings is 1. The molecule has 20 heavy (non-hydrogen) atoms. The minimum atomic E-state index is -0.121. The van der Waals surface area contributed by atoms with Crippen LogP contribution >= 0.6 is 23.2 Å². The van der Waals surface area contributed by atoms with Crippen molar-refractivity contribution in [1.29, 1.82) is 0 Å². The number of hydrogen-bond donors (Lipinski definition) is 0. The quantitative estimate of drug-likeness (QED) is 0.770. The largest absolute Gasteiger partial charge is 0.369 e. The highest BCUT2D eigenvalue weighted by Gasteiger charge is 2.18. The fourth-order valence-corrected chi connectivity index (χ4v) is 2.47. The van der Waals surface area contributed by atoms with E-state index in [9.17, 15) is 0 Å². The monoisotopic (exact) mass is 312 g/mol. The summed E-state index contributed by atoms with van der Waals surface area (Å²) in [7, 11) is 0. The van der Waals surface area contributed by atoms with E-state index in [2.05, 4.69) is 18.8 Å².